The molecular formula is C26H26FN3O5S. The summed E-state index contributed by atoms with van der Waals surface area (Å²) in [4.78, 5) is 19.3. The number of hydrogen-bond donors (Lipinski definition) is 1. The molecule has 1 aliphatic rings. The van der Waals surface area contributed by atoms with Crippen LogP contribution in [0.1, 0.15) is 24.5 Å². The Balaban J connectivity index is 1.83. The molecule has 3 aromatic carbocycles. The van der Waals surface area contributed by atoms with E-state index in [4.69, 9.17) is 14.7 Å². The zero-order valence-corrected chi connectivity index (χ0v) is 20.9. The van der Waals surface area contributed by atoms with Gasteiger partial charge in [-0.05, 0) is 47.4 Å². The average molecular weight is 512 g/mol. The summed E-state index contributed by atoms with van der Waals surface area (Å²) in [6, 6.07) is 17.7. The second-order valence-electron chi connectivity index (χ2n) is 8.32. The van der Waals surface area contributed by atoms with E-state index >= 15 is 4.39 Å². The van der Waals surface area contributed by atoms with Crippen molar-refractivity contribution in [3.8, 4) is 22.6 Å². The predicted octanol–water partition coefficient (Wildman–Crippen LogP) is 3.65. The first-order chi connectivity index (χ1) is 17.1. The number of benzene rings is 3. The highest BCUT2D eigenvalue weighted by molar-refractivity contribution is 7.87. The van der Waals surface area contributed by atoms with Crippen LogP contribution in [0.25, 0.3) is 11.1 Å². The van der Waals surface area contributed by atoms with Gasteiger partial charge >= 0.3 is 10.1 Å². The summed E-state index contributed by atoms with van der Waals surface area (Å²) in [5.74, 6) is -0.820. The molecular weight excluding hydrogens is 485 g/mol. The van der Waals surface area contributed by atoms with Crippen LogP contribution in [0.4, 0.5) is 4.39 Å². The normalized spacial score (nSPS) is 17.7. The Hall–Kier alpha value is -3.92. The molecule has 10 heteroatoms. The minimum atomic E-state index is -3.73. The summed E-state index contributed by atoms with van der Waals surface area (Å²) < 4.78 is 49.4. The quantitative estimate of drug-likeness (QED) is 0.462. The fraction of sp³-hybridized carbons (Fsp3) is 0.231. The molecule has 0 spiro atoms. The topological polar surface area (TPSA) is 111 Å². The Kier molecular flexibility index (Phi) is 6.73. The highest BCUT2D eigenvalue weighted by atomic mass is 32.2. The molecule has 36 heavy (non-hydrogen) atoms. The summed E-state index contributed by atoms with van der Waals surface area (Å²) in [6.45, 7) is 1.74. The number of guanidine groups is 1. The van der Waals surface area contributed by atoms with Gasteiger partial charge in [-0.2, -0.15) is 8.42 Å². The molecule has 3 aromatic rings. The number of carbonyl (C=O) groups excluding carboxylic acids is 1. The Morgan fingerprint density at radius 3 is 2.36 bits per heavy atom. The second kappa shape index (κ2) is 9.62. The van der Waals surface area contributed by atoms with E-state index in [9.17, 15) is 13.2 Å². The first-order valence-electron chi connectivity index (χ1n) is 11.2. The lowest BCUT2D eigenvalue weighted by Crippen LogP contribution is -2.41. The highest BCUT2D eigenvalue weighted by Crippen LogP contribution is 2.41. The van der Waals surface area contributed by atoms with Gasteiger partial charge in [0.05, 0.1) is 12.9 Å². The van der Waals surface area contributed by atoms with Gasteiger partial charge in [0.25, 0.3) is 5.91 Å². The molecule has 188 valence electrons. The molecule has 1 heterocycles. The van der Waals surface area contributed by atoms with Gasteiger partial charge in [-0.1, -0.05) is 49.4 Å². The molecule has 0 bridgehead atoms. The molecule has 1 aliphatic heterocycles. The van der Waals surface area contributed by atoms with Crippen molar-refractivity contribution >= 4 is 22.0 Å². The summed E-state index contributed by atoms with van der Waals surface area (Å²) >= 11 is 0. The molecule has 0 saturated heterocycles. The van der Waals surface area contributed by atoms with E-state index in [2.05, 4.69) is 4.99 Å². The molecule has 0 saturated carbocycles. The maximum atomic E-state index is 15.0. The fourth-order valence-corrected chi connectivity index (χ4v) is 5.16. The second-order valence-corrected chi connectivity index (χ2v) is 10.0. The fourth-order valence-electron chi connectivity index (χ4n) is 4.18. The molecule has 2 N–H and O–H groups in total. The van der Waals surface area contributed by atoms with Gasteiger partial charge in [0.15, 0.2) is 23.1 Å². The monoisotopic (exact) mass is 511 g/mol. The minimum absolute atomic E-state index is 0.0174. The van der Waals surface area contributed by atoms with E-state index in [1.54, 1.807) is 55.5 Å². The van der Waals surface area contributed by atoms with E-state index in [1.165, 1.54) is 37.3 Å². The summed E-state index contributed by atoms with van der Waals surface area (Å²) in [5, 5.41) is 0. The Labute approximate surface area is 209 Å². The first kappa shape index (κ1) is 25.2. The van der Waals surface area contributed by atoms with E-state index in [0.29, 0.717) is 28.7 Å². The van der Waals surface area contributed by atoms with Crippen molar-refractivity contribution < 1.29 is 26.5 Å². The average Bonchev–Trinajstić information content (AvgIpc) is 3.09. The van der Waals surface area contributed by atoms with Crippen LogP contribution in [0.3, 0.4) is 0 Å². The number of ether oxygens (including phenoxy) is 1. The molecule has 4 rings (SSSR count). The van der Waals surface area contributed by atoms with Crippen LogP contribution in [0.15, 0.2) is 71.7 Å². The maximum Gasteiger partial charge on any atom is 0.309 e. The number of methoxy groups -OCH3 is 1. The lowest BCUT2D eigenvalue weighted by molar-refractivity contribution is -0.129. The minimum Gasteiger partial charge on any atom is -0.494 e. The van der Waals surface area contributed by atoms with E-state index < -0.39 is 27.4 Å². The van der Waals surface area contributed by atoms with Crippen molar-refractivity contribution in [3.05, 3.63) is 83.7 Å². The molecule has 0 radical (unpaired) electrons. The molecule has 1 atom stereocenters. The van der Waals surface area contributed by atoms with Crippen molar-refractivity contribution in [2.24, 2.45) is 10.7 Å². The van der Waals surface area contributed by atoms with Gasteiger partial charge in [-0.15, -0.1) is 0 Å². The molecule has 8 nitrogen and oxygen atoms in total. The largest absolute Gasteiger partial charge is 0.494 e. The third-order valence-corrected chi connectivity index (χ3v) is 7.32. The van der Waals surface area contributed by atoms with Gasteiger partial charge in [-0.3, -0.25) is 9.69 Å². The zero-order chi connectivity index (χ0) is 26.1. The van der Waals surface area contributed by atoms with Gasteiger partial charge in [-0.25, -0.2) is 9.38 Å². The van der Waals surface area contributed by atoms with Gasteiger partial charge < -0.3 is 14.7 Å². The van der Waals surface area contributed by atoms with Crippen molar-refractivity contribution in [1.29, 1.82) is 0 Å². The molecule has 0 aliphatic carbocycles. The molecule has 0 fully saturated rings. The SMILES string of the molecule is CCCS(=O)(=O)Oc1ccc(C2(c3cccc(-c4cccc(OC)c4F)c3)N=C(N)N(C)C2=O)cc1. The van der Waals surface area contributed by atoms with Crippen LogP contribution < -0.4 is 14.7 Å². The van der Waals surface area contributed by atoms with Crippen molar-refractivity contribution in [2.45, 2.75) is 18.9 Å². The number of nitrogens with two attached hydrogens (primary N) is 1. The molecule has 1 amide bonds. The van der Waals surface area contributed by atoms with Crippen LogP contribution in [0.2, 0.25) is 0 Å². The standard InChI is InChI=1S/C26H26FN3O5S/c1-4-15-36(32,33)35-20-13-11-18(12-14-20)26(24(31)30(2)25(28)29-26)19-8-5-7-17(16-19)21-9-6-10-22(34-3)23(21)27/h5-14,16H,4,15H2,1-3H3,(H2,28,29). The van der Waals surface area contributed by atoms with Gasteiger partial charge in [0.2, 0.25) is 0 Å². The maximum absolute atomic E-state index is 15.0. The highest BCUT2D eigenvalue weighted by Gasteiger charge is 2.49. The number of nitrogens with zero attached hydrogens (tertiary/aromatic N) is 2. The van der Waals surface area contributed by atoms with E-state index in [-0.39, 0.29) is 23.2 Å². The Morgan fingerprint density at radius 2 is 1.75 bits per heavy atom. The van der Waals surface area contributed by atoms with Crippen LogP contribution in [-0.2, 0) is 20.5 Å². The van der Waals surface area contributed by atoms with Crippen molar-refractivity contribution in [2.75, 3.05) is 19.9 Å². The third kappa shape index (κ3) is 4.39. The summed E-state index contributed by atoms with van der Waals surface area (Å²) in [6.07, 6.45) is 0.419. The Bertz CT molecular complexity index is 1440. The lowest BCUT2D eigenvalue weighted by Gasteiger charge is -2.26. The van der Waals surface area contributed by atoms with Crippen molar-refractivity contribution in [3.63, 3.8) is 0 Å². The number of aliphatic imine (C=N–C) groups is 1. The number of likely N-dealkylation sites (N-methyl/N-ethyl adjacent to an activating group) is 1. The van der Waals surface area contributed by atoms with Crippen LogP contribution in [0, 0.1) is 5.82 Å². The smallest absolute Gasteiger partial charge is 0.309 e. The van der Waals surface area contributed by atoms with Crippen LogP contribution in [0.5, 0.6) is 11.5 Å². The first-order valence-corrected chi connectivity index (χ1v) is 12.8. The third-order valence-electron chi connectivity index (χ3n) is 5.96. The van der Waals surface area contributed by atoms with E-state index in [1.807, 2.05) is 0 Å². The molecule has 0 aromatic heterocycles. The Morgan fingerprint density at radius 1 is 1.06 bits per heavy atom. The van der Waals surface area contributed by atoms with Crippen LogP contribution in [-0.4, -0.2) is 45.1 Å². The van der Waals surface area contributed by atoms with Crippen LogP contribution >= 0.6 is 0 Å². The van der Waals surface area contributed by atoms with Gasteiger partial charge in [0, 0.05) is 12.6 Å². The number of amides is 1. The van der Waals surface area contributed by atoms with Gasteiger partial charge in [0.1, 0.15) is 5.75 Å². The predicted molar refractivity (Wildman–Crippen MR) is 135 cm³/mol. The summed E-state index contributed by atoms with van der Waals surface area (Å²) in [5.41, 5.74) is 6.23. The number of halogens is 1. The van der Waals surface area contributed by atoms with E-state index in [0.717, 1.165) is 0 Å². The molecule has 1 unspecified atom stereocenters. The zero-order valence-electron chi connectivity index (χ0n) is 20.1. The number of rotatable bonds is 8. The van der Waals surface area contributed by atoms with Crippen molar-refractivity contribution in [1.82, 2.24) is 4.90 Å². The summed E-state index contributed by atoms with van der Waals surface area (Å²) in [7, 11) is -0.822. The number of hydrogen-bond acceptors (Lipinski definition) is 7. The number of carbonyl (C=O) groups is 1. The lowest BCUT2D eigenvalue weighted by atomic mass is 9.81.